The highest BCUT2D eigenvalue weighted by molar-refractivity contribution is 6.30. The van der Waals surface area contributed by atoms with Crippen LogP contribution in [0.1, 0.15) is 48.9 Å². The van der Waals surface area contributed by atoms with Crippen LogP contribution in [0.4, 0.5) is 0 Å². The number of nitrogens with zero attached hydrogens (tertiary/aromatic N) is 1. The molecular weight excluding hydrogens is 298 g/mol. The number of benzene rings is 1. The van der Waals surface area contributed by atoms with Gasteiger partial charge in [-0.2, -0.15) is 0 Å². The lowest BCUT2D eigenvalue weighted by molar-refractivity contribution is -0.136. The lowest BCUT2D eigenvalue weighted by Crippen LogP contribution is -2.42. The third-order valence-electron chi connectivity index (χ3n) is 5.01. The summed E-state index contributed by atoms with van der Waals surface area (Å²) in [4.78, 5) is 26.9. The van der Waals surface area contributed by atoms with Gasteiger partial charge in [0.2, 0.25) is 5.91 Å². The van der Waals surface area contributed by atoms with E-state index in [4.69, 9.17) is 11.6 Å². The third-order valence-corrected chi connectivity index (χ3v) is 5.26. The fourth-order valence-electron chi connectivity index (χ4n) is 3.64. The first-order valence-electron chi connectivity index (χ1n) is 8.24. The van der Waals surface area contributed by atoms with Crippen LogP contribution in [0.25, 0.3) is 0 Å². The van der Waals surface area contributed by atoms with Crippen LogP contribution in [-0.2, 0) is 4.79 Å². The minimum absolute atomic E-state index is 0.0359. The second-order valence-electron chi connectivity index (χ2n) is 6.45. The quantitative estimate of drug-likeness (QED) is 0.791. The monoisotopic (exact) mass is 319 g/mol. The van der Waals surface area contributed by atoms with Gasteiger partial charge < -0.3 is 4.90 Å². The van der Waals surface area contributed by atoms with Crippen LogP contribution in [0.5, 0.6) is 0 Å². The van der Waals surface area contributed by atoms with Gasteiger partial charge in [-0.05, 0) is 49.9 Å². The lowest BCUT2D eigenvalue weighted by atomic mass is 9.88. The van der Waals surface area contributed by atoms with E-state index in [2.05, 4.69) is 0 Å². The largest absolute Gasteiger partial charge is 0.342 e. The van der Waals surface area contributed by atoms with E-state index in [1.54, 1.807) is 24.3 Å². The Labute approximate surface area is 136 Å². The van der Waals surface area contributed by atoms with Gasteiger partial charge >= 0.3 is 0 Å². The number of piperidine rings is 1. The van der Waals surface area contributed by atoms with E-state index in [1.165, 1.54) is 12.8 Å². The van der Waals surface area contributed by atoms with Crippen LogP contribution in [0, 0.1) is 11.8 Å². The van der Waals surface area contributed by atoms with Crippen LogP contribution >= 0.6 is 11.6 Å². The van der Waals surface area contributed by atoms with E-state index in [0.29, 0.717) is 10.9 Å². The highest BCUT2D eigenvalue weighted by atomic mass is 35.5. The number of amides is 1. The molecule has 0 aromatic heterocycles. The SMILES string of the molecule is O=C(c1ccc(Cl)cc1)C1CCN(C(=O)C2CCCC2)CC1. The Bertz CT molecular complexity index is 541. The topological polar surface area (TPSA) is 37.4 Å². The zero-order chi connectivity index (χ0) is 15.5. The van der Waals surface area contributed by atoms with Crippen molar-refractivity contribution in [2.75, 3.05) is 13.1 Å². The number of hydrogen-bond acceptors (Lipinski definition) is 2. The van der Waals surface area contributed by atoms with E-state index < -0.39 is 0 Å². The number of ketones is 1. The number of rotatable bonds is 3. The summed E-state index contributed by atoms with van der Waals surface area (Å²) in [6.07, 6.45) is 6.01. The molecule has 2 aliphatic rings. The molecule has 1 saturated heterocycles. The van der Waals surface area contributed by atoms with Crippen molar-refractivity contribution in [3.8, 4) is 0 Å². The second kappa shape index (κ2) is 6.82. The summed E-state index contributed by atoms with van der Waals surface area (Å²) in [6.45, 7) is 1.44. The Balaban J connectivity index is 1.56. The van der Waals surface area contributed by atoms with Crippen LogP contribution in [0.2, 0.25) is 5.02 Å². The normalized spacial score (nSPS) is 20.3. The number of hydrogen-bond donors (Lipinski definition) is 0. The molecule has 0 bridgehead atoms. The molecule has 1 aromatic rings. The molecule has 0 N–H and O–H groups in total. The first-order valence-corrected chi connectivity index (χ1v) is 8.61. The summed E-state index contributed by atoms with van der Waals surface area (Å²) in [7, 11) is 0. The van der Waals surface area contributed by atoms with Crippen LogP contribution in [0.3, 0.4) is 0 Å². The summed E-state index contributed by atoms with van der Waals surface area (Å²) in [5, 5.41) is 0.647. The Kier molecular flexibility index (Phi) is 4.82. The number of carbonyl (C=O) groups excluding carboxylic acids is 2. The highest BCUT2D eigenvalue weighted by Gasteiger charge is 2.32. The van der Waals surface area contributed by atoms with Gasteiger partial charge in [-0.1, -0.05) is 24.4 Å². The second-order valence-corrected chi connectivity index (χ2v) is 6.89. The van der Waals surface area contributed by atoms with Crippen LogP contribution in [0.15, 0.2) is 24.3 Å². The summed E-state index contributed by atoms with van der Waals surface area (Å²) in [5.41, 5.74) is 0.727. The number of halogens is 1. The first-order chi connectivity index (χ1) is 10.6. The molecule has 1 amide bonds. The van der Waals surface area contributed by atoms with Gasteiger partial charge in [0.1, 0.15) is 0 Å². The lowest BCUT2D eigenvalue weighted by Gasteiger charge is -2.33. The van der Waals surface area contributed by atoms with Crippen molar-refractivity contribution in [2.24, 2.45) is 11.8 Å². The molecule has 0 unspecified atom stereocenters. The van der Waals surface area contributed by atoms with Crippen molar-refractivity contribution >= 4 is 23.3 Å². The van der Waals surface area contributed by atoms with Crippen LogP contribution in [-0.4, -0.2) is 29.7 Å². The Morgan fingerprint density at radius 1 is 0.909 bits per heavy atom. The van der Waals surface area contributed by atoms with Crippen molar-refractivity contribution in [3.63, 3.8) is 0 Å². The molecule has 1 aromatic carbocycles. The molecule has 1 saturated carbocycles. The summed E-state index contributed by atoms with van der Waals surface area (Å²) in [5.74, 6) is 0.775. The molecule has 3 rings (SSSR count). The smallest absolute Gasteiger partial charge is 0.225 e. The Morgan fingerprint density at radius 2 is 1.50 bits per heavy atom. The molecule has 118 valence electrons. The Hall–Kier alpha value is -1.35. The maximum Gasteiger partial charge on any atom is 0.225 e. The summed E-state index contributed by atoms with van der Waals surface area (Å²) >= 11 is 5.86. The van der Waals surface area contributed by atoms with Crippen molar-refractivity contribution in [3.05, 3.63) is 34.9 Å². The van der Waals surface area contributed by atoms with Gasteiger partial charge in [0.15, 0.2) is 5.78 Å². The van der Waals surface area contributed by atoms with Crippen molar-refractivity contribution in [1.29, 1.82) is 0 Å². The minimum atomic E-state index is 0.0359. The molecule has 0 atom stereocenters. The molecule has 22 heavy (non-hydrogen) atoms. The number of carbonyl (C=O) groups is 2. The molecule has 1 heterocycles. The first kappa shape index (κ1) is 15.5. The fraction of sp³-hybridized carbons (Fsp3) is 0.556. The van der Waals surface area contributed by atoms with Gasteiger partial charge in [-0.3, -0.25) is 9.59 Å². The maximum absolute atomic E-state index is 12.5. The van der Waals surface area contributed by atoms with E-state index in [-0.39, 0.29) is 17.6 Å². The summed E-state index contributed by atoms with van der Waals surface area (Å²) < 4.78 is 0. The maximum atomic E-state index is 12.5. The molecular formula is C18H22ClNO2. The molecule has 1 aliphatic carbocycles. The van der Waals surface area contributed by atoms with Crippen LogP contribution < -0.4 is 0 Å². The van der Waals surface area contributed by atoms with Crippen molar-refractivity contribution < 1.29 is 9.59 Å². The van der Waals surface area contributed by atoms with Gasteiger partial charge in [0, 0.05) is 35.5 Å². The molecule has 2 fully saturated rings. The molecule has 0 spiro atoms. The Morgan fingerprint density at radius 3 is 2.09 bits per heavy atom. The molecule has 4 heteroatoms. The van der Waals surface area contributed by atoms with Gasteiger partial charge in [0.05, 0.1) is 0 Å². The molecule has 0 radical (unpaired) electrons. The predicted molar refractivity (Wildman–Crippen MR) is 87.0 cm³/mol. The van der Waals surface area contributed by atoms with E-state index in [0.717, 1.165) is 44.3 Å². The van der Waals surface area contributed by atoms with Gasteiger partial charge in [-0.25, -0.2) is 0 Å². The minimum Gasteiger partial charge on any atom is -0.342 e. The average Bonchev–Trinajstić information content (AvgIpc) is 3.09. The molecule has 3 nitrogen and oxygen atoms in total. The highest BCUT2D eigenvalue weighted by Crippen LogP contribution is 2.29. The van der Waals surface area contributed by atoms with Crippen molar-refractivity contribution in [2.45, 2.75) is 38.5 Å². The number of Topliss-reactive ketones (excluding diaryl/α,β-unsaturated/α-hetero) is 1. The van der Waals surface area contributed by atoms with Gasteiger partial charge in [-0.15, -0.1) is 0 Å². The zero-order valence-electron chi connectivity index (χ0n) is 12.8. The van der Waals surface area contributed by atoms with Gasteiger partial charge in [0.25, 0.3) is 0 Å². The molecule has 1 aliphatic heterocycles. The van der Waals surface area contributed by atoms with E-state index in [9.17, 15) is 9.59 Å². The number of likely N-dealkylation sites (tertiary alicyclic amines) is 1. The van der Waals surface area contributed by atoms with E-state index in [1.807, 2.05) is 4.90 Å². The third kappa shape index (κ3) is 3.35. The average molecular weight is 320 g/mol. The fourth-order valence-corrected chi connectivity index (χ4v) is 3.77. The zero-order valence-corrected chi connectivity index (χ0v) is 13.5. The summed E-state index contributed by atoms with van der Waals surface area (Å²) in [6, 6.07) is 7.10. The van der Waals surface area contributed by atoms with Crippen molar-refractivity contribution in [1.82, 2.24) is 4.90 Å². The standard InChI is InChI=1S/C18H22ClNO2/c19-16-7-5-13(6-8-16)17(21)14-9-11-20(12-10-14)18(22)15-3-1-2-4-15/h5-8,14-15H,1-4,9-12H2. The predicted octanol–water partition coefficient (Wildman–Crippen LogP) is 3.95. The van der Waals surface area contributed by atoms with E-state index >= 15 is 0 Å².